The van der Waals surface area contributed by atoms with E-state index in [2.05, 4.69) is 29.3 Å². The van der Waals surface area contributed by atoms with Crippen LogP contribution >= 0.6 is 0 Å². The number of hydrogen-bond donors (Lipinski definition) is 2. The summed E-state index contributed by atoms with van der Waals surface area (Å²) in [6.45, 7) is 10.5. The van der Waals surface area contributed by atoms with Gasteiger partial charge in [-0.05, 0) is 37.5 Å². The van der Waals surface area contributed by atoms with Crippen molar-refractivity contribution in [2.24, 2.45) is 0 Å². The molecular weight excluding hydrogens is 212 g/mol. The largest absolute Gasteiger partial charge is 0.507 e. The third-order valence-corrected chi connectivity index (χ3v) is 3.70. The first-order valence-electron chi connectivity index (χ1n) is 6.34. The molecule has 0 unspecified atom stereocenters. The zero-order valence-electron chi connectivity index (χ0n) is 11.0. The Morgan fingerprint density at radius 2 is 1.71 bits per heavy atom. The van der Waals surface area contributed by atoms with Gasteiger partial charge in [-0.2, -0.15) is 0 Å². The maximum atomic E-state index is 9.80. The van der Waals surface area contributed by atoms with Gasteiger partial charge in [-0.1, -0.05) is 12.1 Å². The summed E-state index contributed by atoms with van der Waals surface area (Å²) in [6.07, 6.45) is 0. The van der Waals surface area contributed by atoms with Crippen LogP contribution in [0.5, 0.6) is 5.75 Å². The Kier molecular flexibility index (Phi) is 3.69. The lowest BCUT2D eigenvalue weighted by Crippen LogP contribution is -2.44. The molecule has 1 aliphatic heterocycles. The van der Waals surface area contributed by atoms with Gasteiger partial charge < -0.3 is 10.4 Å². The van der Waals surface area contributed by atoms with Crippen LogP contribution in [0.4, 0.5) is 0 Å². The molecule has 3 nitrogen and oxygen atoms in total. The molecule has 1 heterocycles. The maximum Gasteiger partial charge on any atom is 0.121 e. The molecule has 94 valence electrons. The lowest BCUT2D eigenvalue weighted by atomic mass is 10.00. The van der Waals surface area contributed by atoms with Gasteiger partial charge in [0.05, 0.1) is 0 Å². The number of aromatic hydroxyl groups is 1. The van der Waals surface area contributed by atoms with Crippen molar-refractivity contribution in [1.29, 1.82) is 0 Å². The van der Waals surface area contributed by atoms with E-state index in [0.717, 1.165) is 37.3 Å². The molecule has 1 aliphatic rings. The monoisotopic (exact) mass is 234 g/mol. The molecule has 17 heavy (non-hydrogen) atoms. The van der Waals surface area contributed by atoms with Crippen LogP contribution in [0, 0.1) is 13.8 Å². The normalized spacial score (nSPS) is 19.2. The number of rotatable bonds is 2. The van der Waals surface area contributed by atoms with Gasteiger partial charge in [-0.3, -0.25) is 4.90 Å². The molecule has 0 radical (unpaired) electrons. The Morgan fingerprint density at radius 1 is 1.18 bits per heavy atom. The fraction of sp³-hybridized carbons (Fsp3) is 0.571. The Morgan fingerprint density at radius 3 is 2.24 bits per heavy atom. The standard InChI is InChI=1S/C14H22N2O/c1-10-8-13(9-11(2)14(10)17)12(3)16-6-4-15-5-7-16/h8-9,12,15,17H,4-7H2,1-3H3/t12-/m0/s1. The Bertz CT molecular complexity index is 374. The molecule has 1 aromatic rings. The molecule has 1 fully saturated rings. The second kappa shape index (κ2) is 5.07. The van der Waals surface area contributed by atoms with Crippen molar-refractivity contribution in [1.82, 2.24) is 10.2 Å². The van der Waals surface area contributed by atoms with Gasteiger partial charge in [0.2, 0.25) is 0 Å². The summed E-state index contributed by atoms with van der Waals surface area (Å²) in [4.78, 5) is 2.49. The predicted octanol–water partition coefficient (Wildman–Crippen LogP) is 1.98. The van der Waals surface area contributed by atoms with Gasteiger partial charge in [-0.15, -0.1) is 0 Å². The third kappa shape index (κ3) is 2.61. The van der Waals surface area contributed by atoms with Crippen LogP contribution in [0.1, 0.15) is 29.7 Å². The summed E-state index contributed by atoms with van der Waals surface area (Å²) in [6, 6.07) is 4.64. The van der Waals surface area contributed by atoms with E-state index < -0.39 is 0 Å². The molecule has 0 bridgehead atoms. The number of nitrogens with one attached hydrogen (secondary N) is 1. The highest BCUT2D eigenvalue weighted by Gasteiger charge is 2.18. The molecule has 0 spiro atoms. The summed E-state index contributed by atoms with van der Waals surface area (Å²) in [5.41, 5.74) is 3.25. The van der Waals surface area contributed by atoms with E-state index in [9.17, 15) is 5.11 Å². The van der Waals surface area contributed by atoms with Crippen LogP contribution < -0.4 is 5.32 Å². The number of phenolic OH excluding ortho intramolecular Hbond substituents is 1. The topological polar surface area (TPSA) is 35.5 Å². The first-order chi connectivity index (χ1) is 8.09. The number of nitrogens with zero attached hydrogens (tertiary/aromatic N) is 1. The van der Waals surface area contributed by atoms with Gasteiger partial charge in [0.15, 0.2) is 0 Å². The molecule has 1 saturated heterocycles. The predicted molar refractivity (Wildman–Crippen MR) is 70.4 cm³/mol. The van der Waals surface area contributed by atoms with Crippen molar-refractivity contribution in [2.45, 2.75) is 26.8 Å². The first kappa shape index (κ1) is 12.4. The molecule has 0 aliphatic carbocycles. The van der Waals surface area contributed by atoms with Crippen LogP contribution in [0.25, 0.3) is 0 Å². The number of hydrogen-bond acceptors (Lipinski definition) is 3. The molecular formula is C14H22N2O. The van der Waals surface area contributed by atoms with Crippen LogP contribution in [0.3, 0.4) is 0 Å². The molecule has 0 saturated carbocycles. The zero-order chi connectivity index (χ0) is 12.4. The van der Waals surface area contributed by atoms with Crippen LogP contribution in [-0.4, -0.2) is 36.2 Å². The van der Waals surface area contributed by atoms with Gasteiger partial charge in [0.25, 0.3) is 0 Å². The van der Waals surface area contributed by atoms with E-state index in [1.807, 2.05) is 13.8 Å². The van der Waals surface area contributed by atoms with Crippen LogP contribution in [0.2, 0.25) is 0 Å². The highest BCUT2D eigenvalue weighted by Crippen LogP contribution is 2.28. The smallest absolute Gasteiger partial charge is 0.121 e. The van der Waals surface area contributed by atoms with Crippen molar-refractivity contribution in [3.05, 3.63) is 28.8 Å². The van der Waals surface area contributed by atoms with E-state index in [1.165, 1.54) is 5.56 Å². The minimum Gasteiger partial charge on any atom is -0.507 e. The van der Waals surface area contributed by atoms with E-state index in [0.29, 0.717) is 11.8 Å². The average Bonchev–Trinajstić information content (AvgIpc) is 2.35. The molecule has 2 rings (SSSR count). The third-order valence-electron chi connectivity index (χ3n) is 3.70. The van der Waals surface area contributed by atoms with E-state index >= 15 is 0 Å². The van der Waals surface area contributed by atoms with Gasteiger partial charge in [0, 0.05) is 32.2 Å². The fourth-order valence-electron chi connectivity index (χ4n) is 2.51. The molecule has 0 amide bonds. The molecule has 1 atom stereocenters. The van der Waals surface area contributed by atoms with Gasteiger partial charge in [-0.25, -0.2) is 0 Å². The Balaban J connectivity index is 2.21. The number of aryl methyl sites for hydroxylation is 2. The highest BCUT2D eigenvalue weighted by molar-refractivity contribution is 5.43. The Labute approximate surface area is 103 Å². The fourth-order valence-corrected chi connectivity index (χ4v) is 2.51. The zero-order valence-corrected chi connectivity index (χ0v) is 11.0. The molecule has 1 aromatic carbocycles. The average molecular weight is 234 g/mol. The van der Waals surface area contributed by atoms with Crippen molar-refractivity contribution in [2.75, 3.05) is 26.2 Å². The summed E-state index contributed by atoms with van der Waals surface area (Å²) in [5.74, 6) is 0.432. The van der Waals surface area contributed by atoms with Crippen molar-refractivity contribution >= 4 is 0 Å². The highest BCUT2D eigenvalue weighted by atomic mass is 16.3. The van der Waals surface area contributed by atoms with E-state index in [-0.39, 0.29) is 0 Å². The van der Waals surface area contributed by atoms with Gasteiger partial charge in [0.1, 0.15) is 5.75 Å². The molecule has 2 N–H and O–H groups in total. The van der Waals surface area contributed by atoms with Crippen LogP contribution in [-0.2, 0) is 0 Å². The summed E-state index contributed by atoms with van der Waals surface area (Å²) in [7, 11) is 0. The minimum absolute atomic E-state index is 0.426. The van der Waals surface area contributed by atoms with Crippen molar-refractivity contribution in [3.63, 3.8) is 0 Å². The van der Waals surface area contributed by atoms with Crippen molar-refractivity contribution < 1.29 is 5.11 Å². The van der Waals surface area contributed by atoms with E-state index in [1.54, 1.807) is 0 Å². The molecule has 0 aromatic heterocycles. The minimum atomic E-state index is 0.426. The van der Waals surface area contributed by atoms with Crippen molar-refractivity contribution in [3.8, 4) is 5.75 Å². The number of piperazine rings is 1. The second-order valence-corrected chi connectivity index (χ2v) is 4.97. The number of phenols is 1. The Hall–Kier alpha value is -1.06. The number of benzene rings is 1. The second-order valence-electron chi connectivity index (χ2n) is 4.97. The SMILES string of the molecule is Cc1cc([C@H](C)N2CCNCC2)cc(C)c1O. The van der Waals surface area contributed by atoms with E-state index in [4.69, 9.17) is 0 Å². The lowest BCUT2D eigenvalue weighted by Gasteiger charge is -2.33. The van der Waals surface area contributed by atoms with Gasteiger partial charge >= 0.3 is 0 Å². The maximum absolute atomic E-state index is 9.80. The summed E-state index contributed by atoms with van der Waals surface area (Å²) < 4.78 is 0. The quantitative estimate of drug-likeness (QED) is 0.821. The van der Waals surface area contributed by atoms with Crippen LogP contribution in [0.15, 0.2) is 12.1 Å². The summed E-state index contributed by atoms with van der Waals surface area (Å²) >= 11 is 0. The molecule has 3 heteroatoms. The summed E-state index contributed by atoms with van der Waals surface area (Å²) in [5, 5.41) is 13.2. The lowest BCUT2D eigenvalue weighted by molar-refractivity contribution is 0.185. The first-order valence-corrected chi connectivity index (χ1v) is 6.34.